The summed E-state index contributed by atoms with van der Waals surface area (Å²) in [6.07, 6.45) is 7.70. The molecule has 0 heterocycles. The molecule has 0 N–H and O–H groups in total. The predicted molar refractivity (Wildman–Crippen MR) is 129 cm³/mol. The molecule has 2 nitrogen and oxygen atoms in total. The number of allylic oxidation sites excluding steroid dienone is 2. The zero-order valence-electron chi connectivity index (χ0n) is 16.6. The maximum Gasteiger partial charge on any atom is 0.161 e. The van der Waals surface area contributed by atoms with Crippen LogP contribution in [0.3, 0.4) is 0 Å². The Hall–Kier alpha value is -2.27. The summed E-state index contributed by atoms with van der Waals surface area (Å²) >= 11 is 2.40. The van der Waals surface area contributed by atoms with Gasteiger partial charge in [0.2, 0.25) is 0 Å². The van der Waals surface area contributed by atoms with Gasteiger partial charge in [-0.1, -0.05) is 101 Å². The van der Waals surface area contributed by atoms with Crippen molar-refractivity contribution >= 4 is 22.6 Å². The summed E-state index contributed by atoms with van der Waals surface area (Å²) in [6, 6.07) is 26.7. The lowest BCUT2D eigenvalue weighted by atomic mass is 10.1. The first kappa shape index (κ1) is 21.4. The van der Waals surface area contributed by atoms with Gasteiger partial charge in [-0.3, -0.25) is 0 Å². The highest BCUT2D eigenvalue weighted by Gasteiger charge is 2.08. The van der Waals surface area contributed by atoms with Crippen LogP contribution in [0.25, 0.3) is 0 Å². The van der Waals surface area contributed by atoms with Crippen molar-refractivity contribution < 1.29 is 9.47 Å². The van der Waals surface area contributed by atoms with Crippen LogP contribution in [0.2, 0.25) is 0 Å². The number of halogens is 1. The molecule has 0 bridgehead atoms. The standard InChI is InChI=1S/C26H27IO2/c27-18-10-2-1-5-11-22-16-17-25(28-20-23-12-6-3-7-13-23)26(19-22)29-21-24-14-8-4-9-15-24/h1-4,6-9,12-17,19H,5,10-11,18,20-21H2/b2-1+. The largest absolute Gasteiger partial charge is 0.485 e. The summed E-state index contributed by atoms with van der Waals surface area (Å²) in [5.41, 5.74) is 3.55. The minimum atomic E-state index is 0.529. The van der Waals surface area contributed by atoms with E-state index in [1.165, 1.54) is 9.99 Å². The fourth-order valence-electron chi connectivity index (χ4n) is 2.96. The molecular formula is C26H27IO2. The number of aryl methyl sites for hydroxylation is 1. The minimum absolute atomic E-state index is 0.529. The molecule has 0 saturated carbocycles. The zero-order chi connectivity index (χ0) is 20.2. The molecule has 0 fully saturated rings. The molecule has 0 aliphatic heterocycles. The SMILES string of the molecule is ICC/C=C/CCc1ccc(OCc2ccccc2)c(OCc2ccccc2)c1. The van der Waals surface area contributed by atoms with Gasteiger partial charge in [-0.2, -0.15) is 0 Å². The second-order valence-electron chi connectivity index (χ2n) is 6.82. The van der Waals surface area contributed by atoms with E-state index in [1.807, 2.05) is 42.5 Å². The topological polar surface area (TPSA) is 18.5 Å². The number of benzene rings is 3. The van der Waals surface area contributed by atoms with Gasteiger partial charge < -0.3 is 9.47 Å². The molecule has 0 saturated heterocycles. The molecular weight excluding hydrogens is 471 g/mol. The Morgan fingerprint density at radius 2 is 1.21 bits per heavy atom. The van der Waals surface area contributed by atoms with Gasteiger partial charge in [-0.05, 0) is 48.1 Å². The van der Waals surface area contributed by atoms with Crippen molar-refractivity contribution in [3.05, 3.63) is 108 Å². The third kappa shape index (κ3) is 7.58. The Morgan fingerprint density at radius 1 is 0.621 bits per heavy atom. The van der Waals surface area contributed by atoms with E-state index in [0.717, 1.165) is 41.9 Å². The first-order chi connectivity index (χ1) is 14.3. The van der Waals surface area contributed by atoms with E-state index in [2.05, 4.69) is 71.1 Å². The van der Waals surface area contributed by atoms with E-state index >= 15 is 0 Å². The lowest BCUT2D eigenvalue weighted by molar-refractivity contribution is 0.255. The molecule has 0 aliphatic carbocycles. The lowest BCUT2D eigenvalue weighted by Gasteiger charge is -2.14. The third-order valence-electron chi connectivity index (χ3n) is 4.52. The van der Waals surface area contributed by atoms with Crippen molar-refractivity contribution in [2.24, 2.45) is 0 Å². The van der Waals surface area contributed by atoms with Crippen LogP contribution in [0.5, 0.6) is 11.5 Å². The van der Waals surface area contributed by atoms with Crippen LogP contribution in [0.4, 0.5) is 0 Å². The van der Waals surface area contributed by atoms with E-state index in [1.54, 1.807) is 0 Å². The Kier molecular flexibility index (Phi) is 9.11. The molecule has 0 unspecified atom stereocenters. The number of hydrogen-bond acceptors (Lipinski definition) is 2. The maximum atomic E-state index is 6.15. The van der Waals surface area contributed by atoms with Crippen molar-refractivity contribution in [3.8, 4) is 11.5 Å². The summed E-state index contributed by atoms with van der Waals surface area (Å²) in [5, 5.41) is 0. The molecule has 0 atom stereocenters. The Balaban J connectivity index is 1.68. The fraction of sp³-hybridized carbons (Fsp3) is 0.231. The molecule has 150 valence electrons. The molecule has 3 aromatic rings. The van der Waals surface area contributed by atoms with Gasteiger partial charge in [-0.25, -0.2) is 0 Å². The van der Waals surface area contributed by atoms with Crippen LogP contribution in [0.15, 0.2) is 91.0 Å². The number of ether oxygens (including phenoxy) is 2. The van der Waals surface area contributed by atoms with Crippen LogP contribution in [-0.4, -0.2) is 4.43 Å². The Bertz CT molecular complexity index is 876. The molecule has 0 amide bonds. The second-order valence-corrected chi connectivity index (χ2v) is 7.90. The van der Waals surface area contributed by atoms with Crippen LogP contribution >= 0.6 is 22.6 Å². The van der Waals surface area contributed by atoms with Crippen LogP contribution < -0.4 is 9.47 Å². The van der Waals surface area contributed by atoms with Crippen molar-refractivity contribution in [2.45, 2.75) is 32.5 Å². The molecule has 29 heavy (non-hydrogen) atoms. The molecule has 0 spiro atoms. The van der Waals surface area contributed by atoms with Gasteiger partial charge in [0, 0.05) is 4.43 Å². The summed E-state index contributed by atoms with van der Waals surface area (Å²) < 4.78 is 13.4. The fourth-order valence-corrected chi connectivity index (χ4v) is 3.32. The smallest absolute Gasteiger partial charge is 0.161 e. The highest BCUT2D eigenvalue weighted by atomic mass is 127. The lowest BCUT2D eigenvalue weighted by Crippen LogP contribution is -2.01. The van der Waals surface area contributed by atoms with E-state index in [-0.39, 0.29) is 0 Å². The minimum Gasteiger partial charge on any atom is -0.485 e. The van der Waals surface area contributed by atoms with Crippen LogP contribution in [0.1, 0.15) is 29.5 Å². The van der Waals surface area contributed by atoms with E-state index in [4.69, 9.17) is 9.47 Å². The van der Waals surface area contributed by atoms with Crippen molar-refractivity contribution in [2.75, 3.05) is 4.43 Å². The molecule has 0 aromatic heterocycles. The van der Waals surface area contributed by atoms with E-state index < -0.39 is 0 Å². The summed E-state index contributed by atoms with van der Waals surface area (Å²) in [5.74, 6) is 1.59. The summed E-state index contributed by atoms with van der Waals surface area (Å²) in [6.45, 7) is 1.06. The number of alkyl halides is 1. The number of hydrogen-bond donors (Lipinski definition) is 0. The monoisotopic (exact) mass is 498 g/mol. The normalized spacial score (nSPS) is 10.9. The predicted octanol–water partition coefficient (Wildman–Crippen LogP) is 7.16. The quantitative estimate of drug-likeness (QED) is 0.159. The van der Waals surface area contributed by atoms with Crippen molar-refractivity contribution in [3.63, 3.8) is 0 Å². The highest BCUT2D eigenvalue weighted by molar-refractivity contribution is 14.1. The van der Waals surface area contributed by atoms with Gasteiger partial charge >= 0.3 is 0 Å². The van der Waals surface area contributed by atoms with Gasteiger partial charge in [-0.15, -0.1) is 0 Å². The Morgan fingerprint density at radius 3 is 1.83 bits per heavy atom. The first-order valence-electron chi connectivity index (χ1n) is 10.0. The van der Waals surface area contributed by atoms with E-state index in [9.17, 15) is 0 Å². The van der Waals surface area contributed by atoms with E-state index in [0.29, 0.717) is 13.2 Å². The molecule has 3 aromatic carbocycles. The molecule has 0 radical (unpaired) electrons. The van der Waals surface area contributed by atoms with Gasteiger partial charge in [0.1, 0.15) is 13.2 Å². The summed E-state index contributed by atoms with van der Waals surface area (Å²) in [7, 11) is 0. The molecule has 3 rings (SSSR count). The van der Waals surface area contributed by atoms with Gasteiger partial charge in [0.15, 0.2) is 11.5 Å². The third-order valence-corrected chi connectivity index (χ3v) is 5.15. The van der Waals surface area contributed by atoms with Crippen LogP contribution in [-0.2, 0) is 19.6 Å². The van der Waals surface area contributed by atoms with Gasteiger partial charge in [0.25, 0.3) is 0 Å². The van der Waals surface area contributed by atoms with Crippen molar-refractivity contribution in [1.29, 1.82) is 0 Å². The van der Waals surface area contributed by atoms with Crippen LogP contribution in [0, 0.1) is 0 Å². The first-order valence-corrected chi connectivity index (χ1v) is 11.5. The number of rotatable bonds is 11. The van der Waals surface area contributed by atoms with Gasteiger partial charge in [0.05, 0.1) is 0 Å². The Labute approximate surface area is 187 Å². The average molecular weight is 498 g/mol. The average Bonchev–Trinajstić information content (AvgIpc) is 2.78. The zero-order valence-corrected chi connectivity index (χ0v) is 18.8. The maximum absolute atomic E-state index is 6.15. The molecule has 3 heteroatoms. The van der Waals surface area contributed by atoms with Crippen molar-refractivity contribution in [1.82, 2.24) is 0 Å². The highest BCUT2D eigenvalue weighted by Crippen LogP contribution is 2.30. The molecule has 0 aliphatic rings. The summed E-state index contributed by atoms with van der Waals surface area (Å²) in [4.78, 5) is 0. The second kappa shape index (κ2) is 12.3.